The number of para-hydroxylation sites is 3. The zero-order chi connectivity index (χ0) is 20.5. The summed E-state index contributed by atoms with van der Waals surface area (Å²) in [6, 6.07) is 23.2. The van der Waals surface area contributed by atoms with Crippen LogP contribution in [0.5, 0.6) is 5.75 Å². The lowest BCUT2D eigenvalue weighted by atomic mass is 10.0. The number of aromatic nitrogens is 2. The summed E-state index contributed by atoms with van der Waals surface area (Å²) in [5.41, 5.74) is 4.14. The first-order chi connectivity index (χ1) is 14.8. The van der Waals surface area contributed by atoms with Crippen LogP contribution in [0.2, 0.25) is 0 Å². The molecule has 1 amide bonds. The van der Waals surface area contributed by atoms with Crippen LogP contribution in [-0.2, 0) is 0 Å². The van der Waals surface area contributed by atoms with Crippen LogP contribution < -0.4 is 15.0 Å². The highest BCUT2D eigenvalue weighted by atomic mass is 16.5. The first-order valence-corrected chi connectivity index (χ1v) is 9.67. The van der Waals surface area contributed by atoms with Crippen molar-refractivity contribution in [3.05, 3.63) is 103 Å². The molecule has 0 unspecified atom stereocenters. The van der Waals surface area contributed by atoms with Crippen LogP contribution >= 0.6 is 0 Å². The van der Waals surface area contributed by atoms with Crippen molar-refractivity contribution in [1.82, 2.24) is 9.55 Å². The van der Waals surface area contributed by atoms with Gasteiger partial charge in [-0.15, -0.1) is 0 Å². The van der Waals surface area contributed by atoms with Crippen LogP contribution in [0.4, 0.5) is 11.4 Å². The van der Waals surface area contributed by atoms with Gasteiger partial charge in [-0.1, -0.05) is 36.4 Å². The monoisotopic (exact) mass is 396 g/mol. The molecule has 4 aromatic rings. The van der Waals surface area contributed by atoms with Crippen LogP contribution in [0.25, 0.3) is 5.69 Å². The van der Waals surface area contributed by atoms with E-state index in [1.807, 2.05) is 83.6 Å². The average molecular weight is 396 g/mol. The number of methoxy groups -OCH3 is 1. The normalized spacial score (nSPS) is 15.4. The van der Waals surface area contributed by atoms with Gasteiger partial charge >= 0.3 is 0 Å². The Labute approximate surface area is 174 Å². The third-order valence-electron chi connectivity index (χ3n) is 5.28. The number of nitrogens with zero attached hydrogens (tertiary/aromatic N) is 3. The average Bonchev–Trinajstić information content (AvgIpc) is 3.34. The molecule has 1 N–H and O–H groups in total. The smallest absolute Gasteiger partial charge is 0.262 e. The molecule has 6 heteroatoms. The maximum Gasteiger partial charge on any atom is 0.262 e. The van der Waals surface area contributed by atoms with Crippen LogP contribution in [0.15, 0.2) is 91.5 Å². The second-order valence-electron chi connectivity index (χ2n) is 7.00. The van der Waals surface area contributed by atoms with E-state index in [1.54, 1.807) is 24.5 Å². The number of nitrogens with one attached hydrogen (secondary N) is 1. The van der Waals surface area contributed by atoms with Crippen LogP contribution in [0.1, 0.15) is 22.1 Å². The highest BCUT2D eigenvalue weighted by molar-refractivity contribution is 6.12. The summed E-state index contributed by atoms with van der Waals surface area (Å²) in [5, 5.41) is 3.53. The number of carbonyl (C=O) groups excluding carboxylic acids is 1. The van der Waals surface area contributed by atoms with Gasteiger partial charge in [-0.2, -0.15) is 0 Å². The van der Waals surface area contributed by atoms with E-state index in [0.29, 0.717) is 11.3 Å². The van der Waals surface area contributed by atoms with Gasteiger partial charge in [0.2, 0.25) is 0 Å². The van der Waals surface area contributed by atoms with Gasteiger partial charge < -0.3 is 14.6 Å². The van der Waals surface area contributed by atoms with E-state index >= 15 is 0 Å². The Bertz CT molecular complexity index is 1190. The third-order valence-corrected chi connectivity index (χ3v) is 5.28. The summed E-state index contributed by atoms with van der Waals surface area (Å²) in [4.78, 5) is 19.4. The minimum absolute atomic E-state index is 0.0717. The third kappa shape index (κ3) is 2.99. The molecule has 2 heterocycles. The predicted molar refractivity (Wildman–Crippen MR) is 116 cm³/mol. The second kappa shape index (κ2) is 7.40. The zero-order valence-electron chi connectivity index (χ0n) is 16.4. The molecular formula is C24H20N4O2. The number of imidazole rings is 1. The van der Waals surface area contributed by atoms with Gasteiger partial charge in [0.25, 0.3) is 5.91 Å². The van der Waals surface area contributed by atoms with Crippen molar-refractivity contribution in [3.63, 3.8) is 0 Å². The standard InChI is InChI=1S/C24H20N4O2/c1-30-22-9-5-4-8-21(22)28-23(26-20-7-3-2-6-19(20)24(28)29)17-10-12-18(13-11-17)27-15-14-25-16-27/h2-16,23,26H,1H3/t23-/m1/s1. The van der Waals surface area contributed by atoms with E-state index in [4.69, 9.17) is 4.74 Å². The topological polar surface area (TPSA) is 59.4 Å². The Morgan fingerprint density at radius 2 is 1.73 bits per heavy atom. The fourth-order valence-electron chi connectivity index (χ4n) is 3.80. The van der Waals surface area contributed by atoms with Gasteiger partial charge in [-0.3, -0.25) is 9.69 Å². The Kier molecular flexibility index (Phi) is 4.44. The van der Waals surface area contributed by atoms with E-state index in [9.17, 15) is 4.79 Å². The Hall–Kier alpha value is -4.06. The molecule has 0 saturated carbocycles. The predicted octanol–water partition coefficient (Wildman–Crippen LogP) is 4.65. The number of carbonyl (C=O) groups is 1. The highest BCUT2D eigenvalue weighted by Crippen LogP contribution is 2.40. The summed E-state index contributed by atoms with van der Waals surface area (Å²) >= 11 is 0. The summed E-state index contributed by atoms with van der Waals surface area (Å²) in [7, 11) is 1.61. The quantitative estimate of drug-likeness (QED) is 0.545. The molecule has 0 aliphatic carbocycles. The lowest BCUT2D eigenvalue weighted by Gasteiger charge is -2.38. The van der Waals surface area contributed by atoms with Crippen molar-refractivity contribution in [3.8, 4) is 11.4 Å². The minimum atomic E-state index is -0.375. The van der Waals surface area contributed by atoms with Crippen molar-refractivity contribution < 1.29 is 9.53 Å². The molecule has 3 aromatic carbocycles. The van der Waals surface area contributed by atoms with Gasteiger partial charge in [-0.05, 0) is 42.0 Å². The Morgan fingerprint density at radius 1 is 0.967 bits per heavy atom. The first-order valence-electron chi connectivity index (χ1n) is 9.67. The van der Waals surface area contributed by atoms with E-state index < -0.39 is 0 Å². The SMILES string of the molecule is COc1ccccc1N1C(=O)c2ccccc2N[C@H]1c1ccc(-n2ccnc2)cc1. The van der Waals surface area contributed by atoms with Crippen molar-refractivity contribution >= 4 is 17.3 Å². The number of benzene rings is 3. The van der Waals surface area contributed by atoms with Gasteiger partial charge in [0, 0.05) is 23.8 Å². The Balaban J connectivity index is 1.61. The summed E-state index contributed by atoms with van der Waals surface area (Å²) in [6.07, 6.45) is 5.03. The number of fused-ring (bicyclic) bond motifs is 1. The molecule has 1 aromatic heterocycles. The van der Waals surface area contributed by atoms with Gasteiger partial charge in [-0.25, -0.2) is 4.98 Å². The van der Waals surface area contributed by atoms with Crippen molar-refractivity contribution in [1.29, 1.82) is 0 Å². The van der Waals surface area contributed by atoms with Crippen molar-refractivity contribution in [2.45, 2.75) is 6.17 Å². The molecule has 5 rings (SSSR count). The number of ether oxygens (including phenoxy) is 1. The molecule has 30 heavy (non-hydrogen) atoms. The second-order valence-corrected chi connectivity index (χ2v) is 7.00. The van der Waals surface area contributed by atoms with Crippen molar-refractivity contribution in [2.24, 2.45) is 0 Å². The van der Waals surface area contributed by atoms with Crippen LogP contribution in [0, 0.1) is 0 Å². The maximum atomic E-state index is 13.5. The summed E-state index contributed by atoms with van der Waals surface area (Å²) in [6.45, 7) is 0. The molecule has 148 valence electrons. The van der Waals surface area contributed by atoms with E-state index in [2.05, 4.69) is 10.3 Å². The molecule has 0 radical (unpaired) electrons. The molecule has 6 nitrogen and oxygen atoms in total. The van der Waals surface area contributed by atoms with E-state index in [-0.39, 0.29) is 12.1 Å². The lowest BCUT2D eigenvalue weighted by molar-refractivity contribution is 0.0974. The molecular weight excluding hydrogens is 376 g/mol. The summed E-state index contributed by atoms with van der Waals surface area (Å²) < 4.78 is 7.50. The summed E-state index contributed by atoms with van der Waals surface area (Å²) in [5.74, 6) is 0.574. The minimum Gasteiger partial charge on any atom is -0.495 e. The number of rotatable bonds is 4. The molecule has 0 bridgehead atoms. The van der Waals surface area contributed by atoms with Gasteiger partial charge in [0.15, 0.2) is 0 Å². The molecule has 1 aliphatic heterocycles. The van der Waals surface area contributed by atoms with Crippen molar-refractivity contribution in [2.75, 3.05) is 17.3 Å². The maximum absolute atomic E-state index is 13.5. The van der Waals surface area contributed by atoms with Crippen LogP contribution in [0.3, 0.4) is 0 Å². The Morgan fingerprint density at radius 3 is 2.50 bits per heavy atom. The molecule has 0 saturated heterocycles. The van der Waals surface area contributed by atoms with Gasteiger partial charge in [0.1, 0.15) is 11.9 Å². The zero-order valence-corrected chi connectivity index (χ0v) is 16.4. The molecule has 1 atom stereocenters. The molecule has 0 spiro atoms. The number of anilines is 2. The van der Waals surface area contributed by atoms with E-state index in [0.717, 1.165) is 22.6 Å². The number of hydrogen-bond acceptors (Lipinski definition) is 4. The molecule has 1 aliphatic rings. The first kappa shape index (κ1) is 18.0. The van der Waals surface area contributed by atoms with Gasteiger partial charge in [0.05, 0.1) is 24.7 Å². The van der Waals surface area contributed by atoms with E-state index in [1.165, 1.54) is 0 Å². The fraction of sp³-hybridized carbons (Fsp3) is 0.0833. The number of amides is 1. The lowest BCUT2D eigenvalue weighted by Crippen LogP contribution is -2.43. The largest absolute Gasteiger partial charge is 0.495 e. The molecule has 0 fully saturated rings. The highest BCUT2D eigenvalue weighted by Gasteiger charge is 2.35. The fourth-order valence-corrected chi connectivity index (χ4v) is 3.80. The van der Waals surface area contributed by atoms with Crippen LogP contribution in [-0.4, -0.2) is 22.6 Å². The number of hydrogen-bond donors (Lipinski definition) is 1.